The standard InChI is InChI=1S/C59H106NO8P/c1-6-8-10-12-14-16-18-20-22-24-26-27-28-29-30-31-32-33-34-36-38-40-42-44-46-48-50-52-59(62)68-57(56-67-69(63,64)66-54-53-60(3,4)5)55-65-58(61)51-49-47-45-43-41-39-37-35-25-23-21-19-17-15-13-11-9-7-2/h8,10,14,16,20,22-23,25-27,29-30,57H,6-7,9,11-13,15,17-19,21,24,28,31-56H2,1-5H3/b10-8-,16-14-,22-20-,25-23-,27-26-,30-29-. The highest BCUT2D eigenvalue weighted by Gasteiger charge is 2.21. The second-order valence-corrected chi connectivity index (χ2v) is 21.3. The van der Waals surface area contributed by atoms with Gasteiger partial charge in [-0.2, -0.15) is 0 Å². The first kappa shape index (κ1) is 66.5. The number of esters is 2. The van der Waals surface area contributed by atoms with E-state index in [0.29, 0.717) is 17.4 Å². The van der Waals surface area contributed by atoms with E-state index < -0.39 is 26.5 Å². The van der Waals surface area contributed by atoms with E-state index in [1.165, 1.54) is 116 Å². The van der Waals surface area contributed by atoms with E-state index in [4.69, 9.17) is 18.5 Å². The van der Waals surface area contributed by atoms with Crippen molar-refractivity contribution in [2.24, 2.45) is 0 Å². The summed E-state index contributed by atoms with van der Waals surface area (Å²) in [5, 5.41) is 0. The first-order valence-electron chi connectivity index (χ1n) is 28.1. The molecule has 0 aliphatic rings. The minimum absolute atomic E-state index is 0.0343. The molecule has 10 heteroatoms. The zero-order valence-corrected chi connectivity index (χ0v) is 46.1. The van der Waals surface area contributed by atoms with Gasteiger partial charge in [0.15, 0.2) is 6.10 Å². The molecular weight excluding hydrogens is 882 g/mol. The summed E-state index contributed by atoms with van der Waals surface area (Å²) in [4.78, 5) is 37.8. The topological polar surface area (TPSA) is 111 Å². The van der Waals surface area contributed by atoms with Crippen molar-refractivity contribution < 1.29 is 42.1 Å². The van der Waals surface area contributed by atoms with Crippen LogP contribution in [0.15, 0.2) is 72.9 Å². The van der Waals surface area contributed by atoms with Gasteiger partial charge in [-0.05, 0) is 83.5 Å². The Bertz CT molecular complexity index is 1400. The van der Waals surface area contributed by atoms with Crippen LogP contribution in [0.2, 0.25) is 0 Å². The van der Waals surface area contributed by atoms with Gasteiger partial charge in [0.25, 0.3) is 7.82 Å². The van der Waals surface area contributed by atoms with Crippen molar-refractivity contribution in [2.75, 3.05) is 47.5 Å². The molecule has 0 heterocycles. The molecule has 0 aromatic heterocycles. The molecular formula is C59H106NO8P. The maximum atomic E-state index is 12.8. The smallest absolute Gasteiger partial charge is 0.306 e. The van der Waals surface area contributed by atoms with Crippen LogP contribution in [0.25, 0.3) is 0 Å². The third kappa shape index (κ3) is 54.6. The number of hydrogen-bond donors (Lipinski definition) is 0. The minimum atomic E-state index is -4.64. The highest BCUT2D eigenvalue weighted by Crippen LogP contribution is 2.38. The van der Waals surface area contributed by atoms with Crippen molar-refractivity contribution in [2.45, 2.75) is 245 Å². The molecule has 2 unspecified atom stereocenters. The summed E-state index contributed by atoms with van der Waals surface area (Å²) >= 11 is 0. The molecule has 0 fully saturated rings. The Morgan fingerprint density at radius 1 is 0.464 bits per heavy atom. The van der Waals surface area contributed by atoms with Crippen LogP contribution in [-0.4, -0.2) is 70.0 Å². The van der Waals surface area contributed by atoms with Gasteiger partial charge in [-0.25, -0.2) is 0 Å². The predicted molar refractivity (Wildman–Crippen MR) is 291 cm³/mol. The number of ether oxygens (including phenoxy) is 2. The number of hydrogen-bond acceptors (Lipinski definition) is 8. The maximum absolute atomic E-state index is 12.8. The van der Waals surface area contributed by atoms with Gasteiger partial charge >= 0.3 is 11.9 Å². The Kier molecular flexibility index (Phi) is 48.5. The number of phosphoric acid groups is 1. The molecule has 69 heavy (non-hydrogen) atoms. The van der Waals surface area contributed by atoms with E-state index >= 15 is 0 Å². The first-order chi connectivity index (χ1) is 33.5. The number of quaternary nitrogens is 1. The lowest BCUT2D eigenvalue weighted by Gasteiger charge is -2.28. The summed E-state index contributed by atoms with van der Waals surface area (Å²) in [5.74, 6) is -0.840. The molecule has 2 atom stereocenters. The van der Waals surface area contributed by atoms with Crippen LogP contribution in [-0.2, 0) is 32.7 Å². The predicted octanol–water partition coefficient (Wildman–Crippen LogP) is 16.7. The average Bonchev–Trinajstić information content (AvgIpc) is 3.31. The lowest BCUT2D eigenvalue weighted by atomic mass is 10.0. The Hall–Kier alpha value is -2.55. The minimum Gasteiger partial charge on any atom is -0.756 e. The molecule has 0 aromatic rings. The van der Waals surface area contributed by atoms with E-state index in [9.17, 15) is 19.0 Å². The number of allylic oxidation sites excluding steroid dienone is 12. The van der Waals surface area contributed by atoms with Crippen molar-refractivity contribution in [3.63, 3.8) is 0 Å². The Labute approximate surface area is 425 Å². The molecule has 0 saturated heterocycles. The summed E-state index contributed by atoms with van der Waals surface area (Å²) < 4.78 is 34.1. The van der Waals surface area contributed by atoms with Gasteiger partial charge in [0.2, 0.25) is 0 Å². The number of nitrogens with zero attached hydrogens (tertiary/aromatic N) is 1. The number of likely N-dealkylation sites (N-methyl/N-ethyl adjacent to an activating group) is 1. The average molecular weight is 988 g/mol. The number of unbranched alkanes of at least 4 members (excludes halogenated alkanes) is 25. The van der Waals surface area contributed by atoms with Gasteiger partial charge in [-0.1, -0.05) is 215 Å². The molecule has 0 aliphatic heterocycles. The molecule has 400 valence electrons. The highest BCUT2D eigenvalue weighted by atomic mass is 31.2. The van der Waals surface area contributed by atoms with Crippen LogP contribution in [0.4, 0.5) is 0 Å². The maximum Gasteiger partial charge on any atom is 0.306 e. The van der Waals surface area contributed by atoms with Crippen molar-refractivity contribution in [3.05, 3.63) is 72.9 Å². The molecule has 0 rings (SSSR count). The monoisotopic (exact) mass is 988 g/mol. The second-order valence-electron chi connectivity index (χ2n) is 19.9. The van der Waals surface area contributed by atoms with E-state index in [2.05, 4.69) is 86.8 Å². The molecule has 0 spiro atoms. The molecule has 0 saturated carbocycles. The zero-order chi connectivity index (χ0) is 50.6. The van der Waals surface area contributed by atoms with E-state index in [0.717, 1.165) is 89.9 Å². The summed E-state index contributed by atoms with van der Waals surface area (Å²) in [6.07, 6.45) is 65.1. The molecule has 0 amide bonds. The molecule has 0 aliphatic carbocycles. The lowest BCUT2D eigenvalue weighted by molar-refractivity contribution is -0.870. The van der Waals surface area contributed by atoms with Crippen molar-refractivity contribution >= 4 is 19.8 Å². The van der Waals surface area contributed by atoms with Crippen LogP contribution in [0.3, 0.4) is 0 Å². The summed E-state index contributed by atoms with van der Waals surface area (Å²) in [5.41, 5.74) is 0. The van der Waals surface area contributed by atoms with Gasteiger partial charge in [-0.3, -0.25) is 14.2 Å². The van der Waals surface area contributed by atoms with E-state index in [1.807, 2.05) is 21.1 Å². The normalized spacial score (nSPS) is 13.9. The van der Waals surface area contributed by atoms with Crippen LogP contribution < -0.4 is 4.89 Å². The summed E-state index contributed by atoms with van der Waals surface area (Å²) in [6.45, 7) is 4.13. The van der Waals surface area contributed by atoms with Crippen molar-refractivity contribution in [1.29, 1.82) is 0 Å². The fraction of sp³-hybridized carbons (Fsp3) is 0.763. The highest BCUT2D eigenvalue weighted by molar-refractivity contribution is 7.45. The molecule has 0 radical (unpaired) electrons. The number of rotatable bonds is 51. The van der Waals surface area contributed by atoms with Crippen LogP contribution in [0.1, 0.15) is 239 Å². The molecule has 9 nitrogen and oxygen atoms in total. The fourth-order valence-electron chi connectivity index (χ4n) is 7.62. The van der Waals surface area contributed by atoms with Crippen molar-refractivity contribution in [3.8, 4) is 0 Å². The third-order valence-electron chi connectivity index (χ3n) is 12.0. The van der Waals surface area contributed by atoms with Gasteiger partial charge in [0.1, 0.15) is 19.8 Å². The Balaban J connectivity index is 4.19. The Morgan fingerprint density at radius 3 is 1.25 bits per heavy atom. The Morgan fingerprint density at radius 2 is 0.826 bits per heavy atom. The number of carbonyl (C=O) groups excluding carboxylic acids is 2. The number of carbonyl (C=O) groups is 2. The molecule has 0 bridgehead atoms. The van der Waals surface area contributed by atoms with Crippen LogP contribution >= 0.6 is 7.82 Å². The van der Waals surface area contributed by atoms with Gasteiger partial charge in [-0.15, -0.1) is 0 Å². The third-order valence-corrected chi connectivity index (χ3v) is 12.9. The SMILES string of the molecule is CC/C=C\C/C=C\C/C=C\C/C=C\C/C=C\CCCCCCCCCCCCCC(=O)OC(COC(=O)CCCCCCCCC/C=C\CCCCCCCCC)COP(=O)([O-])OCC[N+](C)(C)C. The quantitative estimate of drug-likeness (QED) is 0.0195. The molecule has 0 N–H and O–H groups in total. The van der Waals surface area contributed by atoms with E-state index in [1.54, 1.807) is 0 Å². The largest absolute Gasteiger partial charge is 0.756 e. The summed E-state index contributed by atoms with van der Waals surface area (Å²) in [6, 6.07) is 0. The number of phosphoric ester groups is 1. The van der Waals surface area contributed by atoms with E-state index in [-0.39, 0.29) is 32.0 Å². The van der Waals surface area contributed by atoms with Crippen molar-refractivity contribution in [1.82, 2.24) is 0 Å². The second kappa shape index (κ2) is 50.4. The van der Waals surface area contributed by atoms with Gasteiger partial charge in [0.05, 0.1) is 27.7 Å². The zero-order valence-electron chi connectivity index (χ0n) is 45.2. The molecule has 0 aromatic carbocycles. The lowest BCUT2D eigenvalue weighted by Crippen LogP contribution is -2.37. The first-order valence-corrected chi connectivity index (χ1v) is 29.6. The van der Waals surface area contributed by atoms with Crippen LogP contribution in [0.5, 0.6) is 0 Å². The van der Waals surface area contributed by atoms with Gasteiger partial charge < -0.3 is 27.9 Å². The fourth-order valence-corrected chi connectivity index (χ4v) is 8.35. The van der Waals surface area contributed by atoms with Crippen LogP contribution in [0, 0.1) is 0 Å². The summed E-state index contributed by atoms with van der Waals surface area (Å²) in [7, 11) is 1.16. The van der Waals surface area contributed by atoms with Gasteiger partial charge in [0, 0.05) is 12.8 Å².